The molecule has 1 aromatic carbocycles. The Bertz CT molecular complexity index is 377. The van der Waals surface area contributed by atoms with E-state index in [4.69, 9.17) is 28.9 Å². The van der Waals surface area contributed by atoms with Crippen LogP contribution in [-0.4, -0.2) is 12.3 Å². The van der Waals surface area contributed by atoms with Gasteiger partial charge in [-0.2, -0.15) is 0 Å². The van der Waals surface area contributed by atoms with E-state index in [2.05, 4.69) is 0 Å². The van der Waals surface area contributed by atoms with Gasteiger partial charge in [-0.1, -0.05) is 23.2 Å². The maximum atomic E-state index is 6.12. The molecule has 0 unspecified atom stereocenters. The van der Waals surface area contributed by atoms with Gasteiger partial charge in [0.1, 0.15) is 0 Å². The van der Waals surface area contributed by atoms with Crippen LogP contribution in [0.4, 0.5) is 0 Å². The average molecular weight is 276 g/mol. The SMILES string of the molecule is NCCC1(CSc2cc(Cl)ccc2Cl)CC1. The Morgan fingerprint density at radius 3 is 2.69 bits per heavy atom. The first kappa shape index (κ1) is 12.6. The summed E-state index contributed by atoms with van der Waals surface area (Å²) in [7, 11) is 0. The van der Waals surface area contributed by atoms with Crippen molar-refractivity contribution in [2.24, 2.45) is 11.1 Å². The van der Waals surface area contributed by atoms with Gasteiger partial charge < -0.3 is 5.73 Å². The zero-order chi connectivity index (χ0) is 11.6. The molecule has 1 aliphatic rings. The molecular weight excluding hydrogens is 261 g/mol. The lowest BCUT2D eigenvalue weighted by Gasteiger charge is -2.13. The predicted octanol–water partition coefficient (Wildman–Crippen LogP) is 4.21. The van der Waals surface area contributed by atoms with Crippen LogP contribution < -0.4 is 5.73 Å². The number of hydrogen-bond acceptors (Lipinski definition) is 2. The van der Waals surface area contributed by atoms with Crippen LogP contribution in [0, 0.1) is 5.41 Å². The van der Waals surface area contributed by atoms with Crippen molar-refractivity contribution in [3.63, 3.8) is 0 Å². The molecule has 0 radical (unpaired) electrons. The van der Waals surface area contributed by atoms with Crippen LogP contribution in [-0.2, 0) is 0 Å². The van der Waals surface area contributed by atoms with Crippen molar-refractivity contribution < 1.29 is 0 Å². The van der Waals surface area contributed by atoms with E-state index < -0.39 is 0 Å². The fraction of sp³-hybridized carbons (Fsp3) is 0.500. The van der Waals surface area contributed by atoms with Gasteiger partial charge in [-0.05, 0) is 49.4 Å². The van der Waals surface area contributed by atoms with Crippen molar-refractivity contribution in [2.45, 2.75) is 24.2 Å². The molecule has 0 aromatic heterocycles. The number of benzene rings is 1. The first-order valence-electron chi connectivity index (χ1n) is 5.43. The first-order chi connectivity index (χ1) is 7.65. The van der Waals surface area contributed by atoms with E-state index >= 15 is 0 Å². The lowest BCUT2D eigenvalue weighted by Crippen LogP contribution is -2.11. The maximum absolute atomic E-state index is 6.12. The molecule has 0 saturated heterocycles. The van der Waals surface area contributed by atoms with Crippen LogP contribution in [0.15, 0.2) is 23.1 Å². The summed E-state index contributed by atoms with van der Waals surface area (Å²) in [6, 6.07) is 5.61. The highest BCUT2D eigenvalue weighted by molar-refractivity contribution is 7.99. The fourth-order valence-electron chi connectivity index (χ4n) is 1.77. The molecule has 0 amide bonds. The number of rotatable bonds is 5. The summed E-state index contributed by atoms with van der Waals surface area (Å²) in [6.07, 6.45) is 3.73. The number of thioether (sulfide) groups is 1. The van der Waals surface area contributed by atoms with Gasteiger partial charge in [0.15, 0.2) is 0 Å². The summed E-state index contributed by atoms with van der Waals surface area (Å²) in [5.74, 6) is 1.10. The van der Waals surface area contributed by atoms with E-state index in [1.165, 1.54) is 12.8 Å². The summed E-state index contributed by atoms with van der Waals surface area (Å²) in [6.45, 7) is 0.782. The fourth-order valence-corrected chi connectivity index (χ4v) is 3.60. The van der Waals surface area contributed by atoms with Crippen LogP contribution in [0.25, 0.3) is 0 Å². The summed E-state index contributed by atoms with van der Waals surface area (Å²) in [5.41, 5.74) is 6.10. The topological polar surface area (TPSA) is 26.0 Å². The number of halogens is 2. The second kappa shape index (κ2) is 5.18. The van der Waals surface area contributed by atoms with Gasteiger partial charge in [0.05, 0.1) is 5.02 Å². The Labute approximate surface area is 111 Å². The van der Waals surface area contributed by atoms with Crippen molar-refractivity contribution in [2.75, 3.05) is 12.3 Å². The van der Waals surface area contributed by atoms with Gasteiger partial charge in [0.2, 0.25) is 0 Å². The Morgan fingerprint density at radius 1 is 1.31 bits per heavy atom. The van der Waals surface area contributed by atoms with E-state index in [9.17, 15) is 0 Å². The Balaban J connectivity index is 1.97. The van der Waals surface area contributed by atoms with Crippen molar-refractivity contribution in [3.05, 3.63) is 28.2 Å². The molecule has 1 saturated carbocycles. The first-order valence-corrected chi connectivity index (χ1v) is 7.17. The highest BCUT2D eigenvalue weighted by atomic mass is 35.5. The molecule has 0 heterocycles. The van der Waals surface area contributed by atoms with Crippen molar-refractivity contribution in [1.82, 2.24) is 0 Å². The van der Waals surface area contributed by atoms with Crippen molar-refractivity contribution in [3.8, 4) is 0 Å². The minimum Gasteiger partial charge on any atom is -0.330 e. The number of hydrogen-bond donors (Lipinski definition) is 1. The minimum atomic E-state index is 0.477. The molecule has 2 N–H and O–H groups in total. The van der Waals surface area contributed by atoms with Crippen LogP contribution in [0.3, 0.4) is 0 Å². The second-order valence-corrected chi connectivity index (χ2v) is 6.26. The molecule has 1 fully saturated rings. The van der Waals surface area contributed by atoms with Gasteiger partial charge in [-0.15, -0.1) is 11.8 Å². The lowest BCUT2D eigenvalue weighted by atomic mass is 10.1. The largest absolute Gasteiger partial charge is 0.330 e. The second-order valence-electron chi connectivity index (χ2n) is 4.40. The Kier molecular flexibility index (Phi) is 4.06. The summed E-state index contributed by atoms with van der Waals surface area (Å²) >= 11 is 13.9. The third-order valence-electron chi connectivity index (χ3n) is 3.06. The molecule has 88 valence electrons. The molecule has 2 rings (SSSR count). The third kappa shape index (κ3) is 3.07. The van der Waals surface area contributed by atoms with E-state index in [0.717, 1.165) is 33.7 Å². The standard InChI is InChI=1S/C12H15Cl2NS/c13-9-1-2-10(14)11(7-9)16-8-12(3-4-12)5-6-15/h1-2,7H,3-6,8,15H2. The molecule has 1 aliphatic carbocycles. The van der Waals surface area contributed by atoms with E-state index in [-0.39, 0.29) is 0 Å². The Hall–Kier alpha value is 0.110. The normalized spacial score (nSPS) is 17.4. The van der Waals surface area contributed by atoms with Crippen LogP contribution in [0.1, 0.15) is 19.3 Å². The zero-order valence-corrected chi connectivity index (χ0v) is 11.3. The monoisotopic (exact) mass is 275 g/mol. The van der Waals surface area contributed by atoms with E-state index in [1.54, 1.807) is 11.8 Å². The molecule has 1 nitrogen and oxygen atoms in total. The zero-order valence-electron chi connectivity index (χ0n) is 9.01. The molecule has 0 atom stereocenters. The van der Waals surface area contributed by atoms with E-state index in [0.29, 0.717) is 5.41 Å². The molecule has 1 aromatic rings. The molecule has 0 aliphatic heterocycles. The minimum absolute atomic E-state index is 0.477. The quantitative estimate of drug-likeness (QED) is 0.815. The predicted molar refractivity (Wildman–Crippen MR) is 72.5 cm³/mol. The summed E-state index contributed by atoms with van der Waals surface area (Å²) in [4.78, 5) is 1.08. The van der Waals surface area contributed by atoms with Crippen molar-refractivity contribution in [1.29, 1.82) is 0 Å². The van der Waals surface area contributed by atoms with Gasteiger partial charge in [0.25, 0.3) is 0 Å². The Morgan fingerprint density at radius 2 is 2.06 bits per heavy atom. The lowest BCUT2D eigenvalue weighted by molar-refractivity contribution is 0.537. The highest BCUT2D eigenvalue weighted by Crippen LogP contribution is 2.52. The average Bonchev–Trinajstić information content (AvgIpc) is 3.01. The van der Waals surface area contributed by atoms with Crippen LogP contribution in [0.5, 0.6) is 0 Å². The van der Waals surface area contributed by atoms with Crippen LogP contribution >= 0.6 is 35.0 Å². The van der Waals surface area contributed by atoms with Gasteiger partial charge >= 0.3 is 0 Å². The molecule has 16 heavy (non-hydrogen) atoms. The molecule has 0 bridgehead atoms. The molecule has 4 heteroatoms. The number of nitrogens with two attached hydrogens (primary N) is 1. The van der Waals surface area contributed by atoms with Gasteiger partial charge in [0, 0.05) is 15.7 Å². The summed E-state index contributed by atoms with van der Waals surface area (Å²) < 4.78 is 0. The molecule has 0 spiro atoms. The maximum Gasteiger partial charge on any atom is 0.0542 e. The highest BCUT2D eigenvalue weighted by Gasteiger charge is 2.41. The smallest absolute Gasteiger partial charge is 0.0542 e. The molecular formula is C12H15Cl2NS. The van der Waals surface area contributed by atoms with Crippen LogP contribution in [0.2, 0.25) is 10.0 Å². The van der Waals surface area contributed by atoms with Gasteiger partial charge in [-0.3, -0.25) is 0 Å². The van der Waals surface area contributed by atoms with Crippen molar-refractivity contribution >= 4 is 35.0 Å². The van der Waals surface area contributed by atoms with E-state index in [1.807, 2.05) is 18.2 Å². The van der Waals surface area contributed by atoms with Gasteiger partial charge in [-0.25, -0.2) is 0 Å². The summed E-state index contributed by atoms with van der Waals surface area (Å²) in [5, 5.41) is 1.54. The third-order valence-corrected chi connectivity index (χ3v) is 5.14.